The summed E-state index contributed by atoms with van der Waals surface area (Å²) in [7, 11) is 0. The summed E-state index contributed by atoms with van der Waals surface area (Å²) >= 11 is 0. The first-order chi connectivity index (χ1) is 12.2. The number of carbonyl (C=O) groups is 1. The number of carbonyl (C=O) groups excluding carboxylic acids is 1. The second kappa shape index (κ2) is 6.45. The number of nitrogens with zero attached hydrogens (tertiary/aromatic N) is 4. The van der Waals surface area contributed by atoms with Crippen molar-refractivity contribution < 1.29 is 9.90 Å². The monoisotopic (exact) mass is 335 g/mol. The minimum absolute atomic E-state index is 0.115. The van der Waals surface area contributed by atoms with Gasteiger partial charge >= 0.3 is 0 Å². The number of nitrogens with one attached hydrogen (secondary N) is 1. The van der Waals surface area contributed by atoms with E-state index in [0.29, 0.717) is 6.42 Å². The highest BCUT2D eigenvalue weighted by atomic mass is 16.3. The Morgan fingerprint density at radius 2 is 2.00 bits per heavy atom. The zero-order valence-corrected chi connectivity index (χ0v) is 13.4. The summed E-state index contributed by atoms with van der Waals surface area (Å²) in [5.74, 6) is -0.115. The van der Waals surface area contributed by atoms with Gasteiger partial charge in [0.25, 0.3) is 0 Å². The van der Waals surface area contributed by atoms with Gasteiger partial charge in [0.15, 0.2) is 0 Å². The molecule has 0 radical (unpaired) electrons. The predicted octanol–water partition coefficient (Wildman–Crippen LogP) is 0.979. The molecule has 1 amide bonds. The van der Waals surface area contributed by atoms with Crippen molar-refractivity contribution in [2.24, 2.45) is 0 Å². The van der Waals surface area contributed by atoms with Gasteiger partial charge in [-0.15, -0.1) is 5.10 Å². The van der Waals surface area contributed by atoms with E-state index in [-0.39, 0.29) is 18.4 Å². The third-order valence-corrected chi connectivity index (χ3v) is 4.44. The lowest BCUT2D eigenvalue weighted by atomic mass is 10.1. The van der Waals surface area contributed by atoms with Crippen LogP contribution >= 0.6 is 0 Å². The van der Waals surface area contributed by atoms with Crippen molar-refractivity contribution in [1.82, 2.24) is 25.5 Å². The Hall–Kier alpha value is -3.06. The van der Waals surface area contributed by atoms with Crippen LogP contribution in [0.1, 0.15) is 22.7 Å². The number of aromatic nitrogens is 4. The zero-order valence-electron chi connectivity index (χ0n) is 13.4. The van der Waals surface area contributed by atoms with Crippen molar-refractivity contribution in [2.75, 3.05) is 0 Å². The molecule has 0 spiro atoms. The van der Waals surface area contributed by atoms with Crippen LogP contribution in [-0.2, 0) is 17.6 Å². The molecule has 1 heterocycles. The van der Waals surface area contributed by atoms with Crippen LogP contribution in [0.5, 0.6) is 0 Å². The number of aliphatic hydroxyl groups excluding tert-OH is 1. The molecule has 0 saturated heterocycles. The molecule has 2 unspecified atom stereocenters. The second-order valence-corrected chi connectivity index (χ2v) is 6.11. The van der Waals surface area contributed by atoms with Crippen LogP contribution in [0, 0.1) is 0 Å². The maximum Gasteiger partial charge on any atom is 0.224 e. The summed E-state index contributed by atoms with van der Waals surface area (Å²) < 4.78 is 1.55. The number of hydrogen-bond donors (Lipinski definition) is 2. The Balaban J connectivity index is 1.42. The van der Waals surface area contributed by atoms with Crippen molar-refractivity contribution in [2.45, 2.75) is 25.0 Å². The number of benzene rings is 2. The van der Waals surface area contributed by atoms with E-state index in [4.69, 9.17) is 0 Å². The summed E-state index contributed by atoms with van der Waals surface area (Å²) in [6.07, 6.45) is 1.76. The van der Waals surface area contributed by atoms with Gasteiger partial charge in [0.2, 0.25) is 5.91 Å². The predicted molar refractivity (Wildman–Crippen MR) is 89.9 cm³/mol. The van der Waals surface area contributed by atoms with Crippen molar-refractivity contribution in [3.63, 3.8) is 0 Å². The summed E-state index contributed by atoms with van der Waals surface area (Å²) in [5.41, 5.74) is 3.80. The van der Waals surface area contributed by atoms with E-state index in [1.807, 2.05) is 48.5 Å². The molecule has 1 aliphatic rings. The Morgan fingerprint density at radius 3 is 2.76 bits per heavy atom. The van der Waals surface area contributed by atoms with Crippen LogP contribution in [0.3, 0.4) is 0 Å². The quantitative estimate of drug-likeness (QED) is 0.741. The lowest BCUT2D eigenvalue weighted by Gasteiger charge is -2.18. The van der Waals surface area contributed by atoms with E-state index in [1.165, 1.54) is 6.33 Å². The van der Waals surface area contributed by atoms with Gasteiger partial charge < -0.3 is 10.4 Å². The van der Waals surface area contributed by atoms with Crippen LogP contribution in [0.2, 0.25) is 0 Å². The molecule has 7 heteroatoms. The Kier molecular flexibility index (Phi) is 3.99. The topological polar surface area (TPSA) is 92.9 Å². The van der Waals surface area contributed by atoms with E-state index in [1.54, 1.807) is 4.68 Å². The maximum atomic E-state index is 12.4. The van der Waals surface area contributed by atoms with Gasteiger partial charge in [0, 0.05) is 6.42 Å². The first kappa shape index (κ1) is 15.5. The molecular weight excluding hydrogens is 318 g/mol. The third kappa shape index (κ3) is 3.14. The van der Waals surface area contributed by atoms with Gasteiger partial charge in [-0.2, -0.15) is 0 Å². The molecule has 0 bridgehead atoms. The second-order valence-electron chi connectivity index (χ2n) is 6.11. The van der Waals surface area contributed by atoms with Crippen molar-refractivity contribution in [1.29, 1.82) is 0 Å². The fourth-order valence-electron chi connectivity index (χ4n) is 3.20. The van der Waals surface area contributed by atoms with Crippen molar-refractivity contribution >= 4 is 5.91 Å². The highest BCUT2D eigenvalue weighted by Gasteiger charge is 2.31. The number of amides is 1. The van der Waals surface area contributed by atoms with Crippen LogP contribution in [0.25, 0.3) is 5.69 Å². The third-order valence-electron chi connectivity index (χ3n) is 4.44. The Labute approximate surface area is 144 Å². The smallest absolute Gasteiger partial charge is 0.224 e. The Bertz CT molecular complexity index is 877. The standard InChI is InChI=1S/C18H17N5O2/c24-16-10-13-3-1-2-4-15(13)18(16)20-17(25)9-12-5-7-14(8-6-12)23-11-19-21-22-23/h1-8,11,16,18,24H,9-10H2,(H,20,25). The summed E-state index contributed by atoms with van der Waals surface area (Å²) in [4.78, 5) is 12.4. The lowest BCUT2D eigenvalue weighted by molar-refractivity contribution is -0.121. The SMILES string of the molecule is O=C(Cc1ccc(-n2cnnn2)cc1)NC1c2ccccc2CC1O. The van der Waals surface area contributed by atoms with Crippen LogP contribution in [0.15, 0.2) is 54.9 Å². The summed E-state index contributed by atoms with van der Waals surface area (Å²) in [5, 5.41) is 24.2. The Morgan fingerprint density at radius 1 is 1.20 bits per heavy atom. The van der Waals surface area contributed by atoms with E-state index in [9.17, 15) is 9.90 Å². The highest BCUT2D eigenvalue weighted by molar-refractivity contribution is 5.79. The molecule has 0 saturated carbocycles. The summed E-state index contributed by atoms with van der Waals surface area (Å²) in [6, 6.07) is 14.9. The molecule has 2 atom stereocenters. The van der Waals surface area contributed by atoms with Gasteiger partial charge in [-0.3, -0.25) is 4.79 Å². The molecule has 126 valence electrons. The molecule has 0 fully saturated rings. The number of hydrogen-bond acceptors (Lipinski definition) is 5. The van der Waals surface area contributed by atoms with Gasteiger partial charge in [-0.25, -0.2) is 4.68 Å². The fraction of sp³-hybridized carbons (Fsp3) is 0.222. The molecule has 1 aromatic heterocycles. The molecule has 0 aliphatic heterocycles. The molecule has 3 aromatic rings. The van der Waals surface area contributed by atoms with E-state index < -0.39 is 6.10 Å². The lowest BCUT2D eigenvalue weighted by Crippen LogP contribution is -2.34. The molecule has 1 aliphatic carbocycles. The van der Waals surface area contributed by atoms with Crippen LogP contribution in [-0.4, -0.2) is 37.3 Å². The minimum atomic E-state index is -0.580. The van der Waals surface area contributed by atoms with Gasteiger partial charge in [-0.05, 0) is 39.2 Å². The van der Waals surface area contributed by atoms with Crippen LogP contribution < -0.4 is 5.32 Å². The van der Waals surface area contributed by atoms with Gasteiger partial charge in [-0.1, -0.05) is 36.4 Å². The van der Waals surface area contributed by atoms with E-state index in [0.717, 1.165) is 22.4 Å². The number of tetrazole rings is 1. The first-order valence-corrected chi connectivity index (χ1v) is 8.08. The summed E-state index contributed by atoms with van der Waals surface area (Å²) in [6.45, 7) is 0. The van der Waals surface area contributed by atoms with Gasteiger partial charge in [0.05, 0.1) is 24.3 Å². The minimum Gasteiger partial charge on any atom is -0.390 e. The largest absolute Gasteiger partial charge is 0.390 e. The molecule has 7 nitrogen and oxygen atoms in total. The normalized spacial score (nSPS) is 18.8. The first-order valence-electron chi connectivity index (χ1n) is 8.08. The zero-order chi connectivity index (χ0) is 17.2. The average molecular weight is 335 g/mol. The highest BCUT2D eigenvalue weighted by Crippen LogP contribution is 2.31. The average Bonchev–Trinajstić information content (AvgIpc) is 3.25. The molecule has 2 N–H and O–H groups in total. The molecule has 25 heavy (non-hydrogen) atoms. The van der Waals surface area contributed by atoms with E-state index >= 15 is 0 Å². The van der Waals surface area contributed by atoms with Crippen LogP contribution in [0.4, 0.5) is 0 Å². The maximum absolute atomic E-state index is 12.4. The van der Waals surface area contributed by atoms with Crippen molar-refractivity contribution in [3.8, 4) is 5.69 Å². The van der Waals surface area contributed by atoms with E-state index in [2.05, 4.69) is 20.8 Å². The number of fused-ring (bicyclic) bond motifs is 1. The molecular formula is C18H17N5O2. The number of rotatable bonds is 4. The fourth-order valence-corrected chi connectivity index (χ4v) is 3.20. The molecule has 2 aromatic carbocycles. The van der Waals surface area contributed by atoms with Crippen molar-refractivity contribution in [3.05, 3.63) is 71.5 Å². The van der Waals surface area contributed by atoms with Gasteiger partial charge in [0.1, 0.15) is 6.33 Å². The molecule has 4 rings (SSSR count). The number of aliphatic hydroxyl groups is 1.